The average Bonchev–Trinajstić information content (AvgIpc) is 2.54. The van der Waals surface area contributed by atoms with Gasteiger partial charge in [-0.2, -0.15) is 13.2 Å². The number of rotatable bonds is 6. The number of hydrogen-bond acceptors (Lipinski definition) is 2. The fourth-order valence-corrected chi connectivity index (χ4v) is 3.48. The fraction of sp³-hybridized carbons (Fsp3) is 0.300. The van der Waals surface area contributed by atoms with Crippen molar-refractivity contribution in [2.24, 2.45) is 5.73 Å². The summed E-state index contributed by atoms with van der Waals surface area (Å²) in [7, 11) is 0. The number of amides is 2. The van der Waals surface area contributed by atoms with Crippen LogP contribution in [-0.4, -0.2) is 12.3 Å². The van der Waals surface area contributed by atoms with Crippen molar-refractivity contribution in [1.82, 2.24) is 5.32 Å². The van der Waals surface area contributed by atoms with Crippen LogP contribution in [0, 0.1) is 32.4 Å². The van der Waals surface area contributed by atoms with Gasteiger partial charge in [-0.15, -0.1) is 0 Å². The molecular formula is C20H19F5N2O2. The quantitative estimate of drug-likeness (QED) is 0.548. The van der Waals surface area contributed by atoms with E-state index in [9.17, 15) is 27.2 Å². The number of benzene rings is 2. The summed E-state index contributed by atoms with van der Waals surface area (Å²) in [6.45, 7) is 4.96. The summed E-state index contributed by atoms with van der Waals surface area (Å²) >= 11 is 0. The Kier molecular flexibility index (Phi) is 6.30. The number of nitrogens with one attached hydrogen (secondary N) is 1. The lowest BCUT2D eigenvalue weighted by molar-refractivity contribution is -0.140. The van der Waals surface area contributed by atoms with Gasteiger partial charge in [0.05, 0.1) is 18.0 Å². The molecule has 1 atom stereocenters. The number of aryl methyl sites for hydroxylation is 3. The van der Waals surface area contributed by atoms with Crippen LogP contribution in [0.2, 0.25) is 0 Å². The molecule has 0 saturated carbocycles. The first-order chi connectivity index (χ1) is 13.4. The molecule has 0 bridgehead atoms. The van der Waals surface area contributed by atoms with Gasteiger partial charge in [-0.1, -0.05) is 17.7 Å². The highest BCUT2D eigenvalue weighted by molar-refractivity contribution is 5.77. The maximum Gasteiger partial charge on any atom is 0.419 e. The lowest BCUT2D eigenvalue weighted by atomic mass is 9.88. The van der Waals surface area contributed by atoms with E-state index in [0.717, 1.165) is 5.56 Å². The van der Waals surface area contributed by atoms with Gasteiger partial charge in [0.15, 0.2) is 0 Å². The molecule has 0 spiro atoms. The molecule has 3 N–H and O–H groups in total. The van der Waals surface area contributed by atoms with E-state index in [2.05, 4.69) is 0 Å². The molecule has 156 valence electrons. The van der Waals surface area contributed by atoms with Crippen molar-refractivity contribution in [3.05, 3.63) is 57.7 Å². The SMILES string of the molecule is Cc1cc(C)c(-c2cc(C(F)(F)F)c(F)c(C(CC(N)=O)NC=O)c2F)c(C)c1. The van der Waals surface area contributed by atoms with E-state index in [1.165, 1.54) is 0 Å². The van der Waals surface area contributed by atoms with Gasteiger partial charge >= 0.3 is 6.18 Å². The van der Waals surface area contributed by atoms with Gasteiger partial charge in [0.25, 0.3) is 0 Å². The summed E-state index contributed by atoms with van der Waals surface area (Å²) in [5.74, 6) is -4.25. The Hall–Kier alpha value is -2.97. The minimum atomic E-state index is -5.13. The van der Waals surface area contributed by atoms with Crippen molar-refractivity contribution >= 4 is 12.3 Å². The van der Waals surface area contributed by atoms with E-state index in [1.54, 1.807) is 32.9 Å². The standard InChI is InChI=1S/C20H19F5N2O2/c1-9-4-10(2)16(11(3)5-9)12-6-13(20(23,24)25)19(22)17(18(12)21)14(27-8-28)7-15(26)29/h4-6,8,14H,7H2,1-3H3,(H2,26,29)(H,27,28). The van der Waals surface area contributed by atoms with Crippen LogP contribution in [0.1, 0.15) is 40.3 Å². The molecule has 0 fully saturated rings. The van der Waals surface area contributed by atoms with Crippen molar-refractivity contribution in [3.63, 3.8) is 0 Å². The van der Waals surface area contributed by atoms with Crippen LogP contribution < -0.4 is 11.1 Å². The Morgan fingerprint density at radius 2 is 1.66 bits per heavy atom. The summed E-state index contributed by atoms with van der Waals surface area (Å²) < 4.78 is 70.6. The second kappa shape index (κ2) is 8.18. The zero-order valence-electron chi connectivity index (χ0n) is 15.9. The van der Waals surface area contributed by atoms with Crippen LogP contribution in [0.3, 0.4) is 0 Å². The van der Waals surface area contributed by atoms with Crippen LogP contribution in [0.25, 0.3) is 11.1 Å². The summed E-state index contributed by atoms with van der Waals surface area (Å²) in [4.78, 5) is 22.1. The number of halogens is 5. The summed E-state index contributed by atoms with van der Waals surface area (Å²) in [5, 5.41) is 1.98. The lowest BCUT2D eigenvalue weighted by Crippen LogP contribution is -2.28. The van der Waals surface area contributed by atoms with E-state index < -0.39 is 52.9 Å². The predicted octanol–water partition coefficient (Wildman–Crippen LogP) is 4.24. The maximum absolute atomic E-state index is 15.4. The third-order valence-corrected chi connectivity index (χ3v) is 4.51. The average molecular weight is 414 g/mol. The Morgan fingerprint density at radius 3 is 2.10 bits per heavy atom. The number of carbonyl (C=O) groups is 2. The smallest absolute Gasteiger partial charge is 0.370 e. The predicted molar refractivity (Wildman–Crippen MR) is 96.8 cm³/mol. The summed E-state index contributed by atoms with van der Waals surface area (Å²) in [5.41, 5.74) is 3.75. The Bertz CT molecular complexity index is 947. The minimum Gasteiger partial charge on any atom is -0.370 e. The van der Waals surface area contributed by atoms with Crippen LogP contribution in [0.4, 0.5) is 22.0 Å². The first kappa shape index (κ1) is 22.3. The molecule has 4 nitrogen and oxygen atoms in total. The molecule has 0 aliphatic rings. The molecule has 0 aliphatic carbocycles. The summed E-state index contributed by atoms with van der Waals surface area (Å²) in [6, 6.07) is 2.02. The highest BCUT2D eigenvalue weighted by Gasteiger charge is 2.39. The first-order valence-corrected chi connectivity index (χ1v) is 8.53. The van der Waals surface area contributed by atoms with Gasteiger partial charge in [0.1, 0.15) is 11.6 Å². The van der Waals surface area contributed by atoms with Crippen molar-refractivity contribution in [1.29, 1.82) is 0 Å². The number of primary amides is 1. The normalized spacial score (nSPS) is 12.6. The highest BCUT2D eigenvalue weighted by Crippen LogP contribution is 2.41. The van der Waals surface area contributed by atoms with Gasteiger partial charge < -0.3 is 11.1 Å². The molecule has 2 aromatic rings. The van der Waals surface area contributed by atoms with Gasteiger partial charge in [0.2, 0.25) is 12.3 Å². The van der Waals surface area contributed by atoms with Gasteiger partial charge in [-0.3, -0.25) is 9.59 Å². The van der Waals surface area contributed by atoms with E-state index in [-0.39, 0.29) is 12.0 Å². The molecule has 9 heteroatoms. The van der Waals surface area contributed by atoms with E-state index in [1.807, 2.05) is 5.32 Å². The molecule has 2 amide bonds. The first-order valence-electron chi connectivity index (χ1n) is 8.53. The van der Waals surface area contributed by atoms with Crippen molar-refractivity contribution in [3.8, 4) is 11.1 Å². The number of alkyl halides is 3. The molecule has 0 aliphatic heterocycles. The molecule has 2 rings (SSSR count). The van der Waals surface area contributed by atoms with Crippen LogP contribution >= 0.6 is 0 Å². The van der Waals surface area contributed by atoms with Gasteiger partial charge in [0, 0.05) is 11.1 Å². The number of carbonyl (C=O) groups excluding carboxylic acids is 2. The van der Waals surface area contributed by atoms with E-state index in [4.69, 9.17) is 5.73 Å². The largest absolute Gasteiger partial charge is 0.419 e. The van der Waals surface area contributed by atoms with Gasteiger partial charge in [-0.05, 0) is 43.5 Å². The third kappa shape index (κ3) is 4.55. The molecule has 0 heterocycles. The highest BCUT2D eigenvalue weighted by atomic mass is 19.4. The van der Waals surface area contributed by atoms with Crippen molar-refractivity contribution in [2.75, 3.05) is 0 Å². The topological polar surface area (TPSA) is 72.2 Å². The zero-order valence-corrected chi connectivity index (χ0v) is 15.9. The van der Waals surface area contributed by atoms with E-state index >= 15 is 4.39 Å². The summed E-state index contributed by atoms with van der Waals surface area (Å²) in [6.07, 6.45) is -5.87. The Morgan fingerprint density at radius 1 is 1.10 bits per heavy atom. The van der Waals surface area contributed by atoms with Crippen LogP contribution in [0.15, 0.2) is 18.2 Å². The molecule has 2 aromatic carbocycles. The second-order valence-electron chi connectivity index (χ2n) is 6.79. The minimum absolute atomic E-state index is 0.0365. The number of hydrogen-bond donors (Lipinski definition) is 2. The molecule has 1 unspecified atom stereocenters. The Labute approximate surface area is 163 Å². The van der Waals surface area contributed by atoms with Crippen molar-refractivity contribution < 1.29 is 31.5 Å². The van der Waals surface area contributed by atoms with E-state index in [0.29, 0.717) is 17.2 Å². The molecular weight excluding hydrogens is 395 g/mol. The zero-order chi connectivity index (χ0) is 22.1. The molecule has 29 heavy (non-hydrogen) atoms. The third-order valence-electron chi connectivity index (χ3n) is 4.51. The van der Waals surface area contributed by atoms with Gasteiger partial charge in [-0.25, -0.2) is 8.78 Å². The molecule has 0 saturated heterocycles. The number of nitrogens with two attached hydrogens (primary N) is 1. The van der Waals surface area contributed by atoms with Crippen LogP contribution in [0.5, 0.6) is 0 Å². The second-order valence-corrected chi connectivity index (χ2v) is 6.79. The van der Waals surface area contributed by atoms with Crippen LogP contribution in [-0.2, 0) is 15.8 Å². The fourth-order valence-electron chi connectivity index (χ4n) is 3.48. The van der Waals surface area contributed by atoms with Crippen molar-refractivity contribution in [2.45, 2.75) is 39.4 Å². The lowest BCUT2D eigenvalue weighted by Gasteiger charge is -2.22. The maximum atomic E-state index is 15.4. The monoisotopic (exact) mass is 414 g/mol. The molecule has 0 radical (unpaired) electrons. The Balaban J connectivity index is 2.94. The molecule has 0 aromatic heterocycles.